The minimum Gasteiger partial charge on any atom is -0.399 e. The summed E-state index contributed by atoms with van der Waals surface area (Å²) in [6.07, 6.45) is -9.49. The van der Waals surface area contributed by atoms with Gasteiger partial charge in [-0.25, -0.2) is 0 Å². The first-order valence-corrected chi connectivity index (χ1v) is 4.81. The van der Waals surface area contributed by atoms with Gasteiger partial charge in [0.15, 0.2) is 0 Å². The van der Waals surface area contributed by atoms with Gasteiger partial charge in [-0.15, -0.1) is 0 Å². The first-order chi connectivity index (χ1) is 8.03. The van der Waals surface area contributed by atoms with E-state index in [0.29, 0.717) is 0 Å². The van der Waals surface area contributed by atoms with E-state index < -0.39 is 24.6 Å². The van der Waals surface area contributed by atoms with Gasteiger partial charge < -0.3 is 16.6 Å². The van der Waals surface area contributed by atoms with Crippen LogP contribution in [0.5, 0.6) is 0 Å². The summed E-state index contributed by atoms with van der Waals surface area (Å²) in [6.45, 7) is 0. The van der Waals surface area contributed by atoms with E-state index in [2.05, 4.69) is 0 Å². The van der Waals surface area contributed by atoms with Crippen molar-refractivity contribution in [1.29, 1.82) is 0 Å². The average Bonchev–Trinajstić information content (AvgIpc) is 2.13. The van der Waals surface area contributed by atoms with E-state index in [-0.39, 0.29) is 16.9 Å². The van der Waals surface area contributed by atoms with Crippen molar-refractivity contribution in [3.05, 3.63) is 23.8 Å². The lowest BCUT2D eigenvalue weighted by Crippen LogP contribution is -2.37. The molecule has 0 aliphatic heterocycles. The van der Waals surface area contributed by atoms with Crippen LogP contribution in [-0.4, -0.2) is 17.2 Å². The molecular formula is C10H11F5N2O. The van der Waals surface area contributed by atoms with Crippen LogP contribution < -0.4 is 11.5 Å². The van der Waals surface area contributed by atoms with Crippen molar-refractivity contribution in [2.75, 3.05) is 11.5 Å². The highest BCUT2D eigenvalue weighted by molar-refractivity contribution is 5.54. The SMILES string of the molecule is Nc1cc(N)cc(C(O)CC(F)(F)C(F)(F)F)c1. The molecule has 0 saturated heterocycles. The monoisotopic (exact) mass is 270 g/mol. The summed E-state index contributed by atoms with van der Waals surface area (Å²) in [5.41, 5.74) is 10.6. The Bertz CT molecular complexity index is 413. The largest absolute Gasteiger partial charge is 0.453 e. The highest BCUT2D eigenvalue weighted by Gasteiger charge is 2.58. The Morgan fingerprint density at radius 1 is 1.00 bits per heavy atom. The maximum Gasteiger partial charge on any atom is 0.453 e. The van der Waals surface area contributed by atoms with Gasteiger partial charge in [-0.3, -0.25) is 0 Å². The Morgan fingerprint density at radius 2 is 1.44 bits per heavy atom. The molecule has 8 heteroatoms. The second-order valence-corrected chi connectivity index (χ2v) is 3.86. The molecule has 0 saturated carbocycles. The van der Waals surface area contributed by atoms with E-state index in [9.17, 15) is 27.1 Å². The number of halogens is 5. The third kappa shape index (κ3) is 3.22. The third-order valence-electron chi connectivity index (χ3n) is 2.25. The molecule has 0 aromatic heterocycles. The summed E-state index contributed by atoms with van der Waals surface area (Å²) < 4.78 is 61.3. The van der Waals surface area contributed by atoms with Crippen LogP contribution in [0.15, 0.2) is 18.2 Å². The molecule has 1 aromatic carbocycles. The number of nitrogen functional groups attached to an aromatic ring is 2. The lowest BCUT2D eigenvalue weighted by Gasteiger charge is -2.22. The van der Waals surface area contributed by atoms with E-state index in [0.717, 1.165) is 12.1 Å². The van der Waals surface area contributed by atoms with Crippen molar-refractivity contribution >= 4 is 11.4 Å². The van der Waals surface area contributed by atoms with E-state index in [1.165, 1.54) is 6.07 Å². The van der Waals surface area contributed by atoms with Gasteiger partial charge in [0.25, 0.3) is 0 Å². The van der Waals surface area contributed by atoms with Crippen molar-refractivity contribution in [2.24, 2.45) is 0 Å². The molecule has 0 spiro atoms. The molecule has 0 amide bonds. The molecule has 1 aromatic rings. The minimum atomic E-state index is -5.71. The van der Waals surface area contributed by atoms with Crippen LogP contribution in [0, 0.1) is 0 Å². The van der Waals surface area contributed by atoms with Crippen molar-refractivity contribution in [2.45, 2.75) is 24.6 Å². The number of rotatable bonds is 3. The Hall–Kier alpha value is -1.57. The first-order valence-electron chi connectivity index (χ1n) is 4.81. The molecule has 0 aliphatic rings. The Labute approximate surface area is 99.2 Å². The van der Waals surface area contributed by atoms with E-state index in [1.54, 1.807) is 0 Å². The van der Waals surface area contributed by atoms with Gasteiger partial charge in [0.1, 0.15) is 0 Å². The zero-order chi connectivity index (χ0) is 14.1. The second-order valence-electron chi connectivity index (χ2n) is 3.86. The molecule has 1 unspecified atom stereocenters. The predicted octanol–water partition coefficient (Wildman–Crippen LogP) is 2.47. The molecule has 0 heterocycles. The number of alkyl halides is 5. The second kappa shape index (κ2) is 4.60. The van der Waals surface area contributed by atoms with Gasteiger partial charge >= 0.3 is 12.1 Å². The van der Waals surface area contributed by atoms with Gasteiger partial charge in [-0.1, -0.05) is 0 Å². The number of benzene rings is 1. The van der Waals surface area contributed by atoms with Crippen LogP contribution in [0.2, 0.25) is 0 Å². The first kappa shape index (κ1) is 14.5. The van der Waals surface area contributed by atoms with Crippen LogP contribution in [0.3, 0.4) is 0 Å². The average molecular weight is 270 g/mol. The smallest absolute Gasteiger partial charge is 0.399 e. The van der Waals surface area contributed by atoms with Crippen molar-refractivity contribution < 1.29 is 27.1 Å². The summed E-state index contributed by atoms with van der Waals surface area (Å²) in [6, 6.07) is 3.47. The lowest BCUT2D eigenvalue weighted by molar-refractivity contribution is -0.290. The Kier molecular flexibility index (Phi) is 3.70. The quantitative estimate of drug-likeness (QED) is 0.583. The number of hydrogen-bond acceptors (Lipinski definition) is 3. The van der Waals surface area contributed by atoms with Crippen LogP contribution in [-0.2, 0) is 0 Å². The molecule has 5 N–H and O–H groups in total. The number of hydrogen-bond donors (Lipinski definition) is 3. The lowest BCUT2D eigenvalue weighted by atomic mass is 10.0. The topological polar surface area (TPSA) is 72.3 Å². The summed E-state index contributed by atoms with van der Waals surface area (Å²) in [7, 11) is 0. The Morgan fingerprint density at radius 3 is 1.83 bits per heavy atom. The molecule has 1 rings (SSSR count). The molecule has 0 fully saturated rings. The van der Waals surface area contributed by atoms with Crippen molar-refractivity contribution in [3.8, 4) is 0 Å². The van der Waals surface area contributed by atoms with Crippen molar-refractivity contribution in [3.63, 3.8) is 0 Å². The number of anilines is 2. The maximum absolute atomic E-state index is 12.7. The van der Waals surface area contributed by atoms with E-state index in [1.807, 2.05) is 0 Å². The number of aliphatic hydroxyl groups excluding tert-OH is 1. The molecule has 102 valence electrons. The fourth-order valence-electron chi connectivity index (χ4n) is 1.37. The van der Waals surface area contributed by atoms with Crippen LogP contribution in [0.25, 0.3) is 0 Å². The van der Waals surface area contributed by atoms with Gasteiger partial charge in [0, 0.05) is 11.4 Å². The molecule has 1 atom stereocenters. The normalized spacial score (nSPS) is 14.6. The summed E-state index contributed by atoms with van der Waals surface area (Å²) in [5.74, 6) is -4.98. The third-order valence-corrected chi connectivity index (χ3v) is 2.25. The maximum atomic E-state index is 12.7. The van der Waals surface area contributed by atoms with Gasteiger partial charge in [-0.2, -0.15) is 22.0 Å². The molecule has 0 aliphatic carbocycles. The molecule has 0 bridgehead atoms. The fraction of sp³-hybridized carbons (Fsp3) is 0.400. The van der Waals surface area contributed by atoms with Crippen LogP contribution in [0.1, 0.15) is 18.1 Å². The number of nitrogens with two attached hydrogens (primary N) is 2. The van der Waals surface area contributed by atoms with E-state index in [4.69, 9.17) is 11.5 Å². The zero-order valence-electron chi connectivity index (χ0n) is 9.01. The molecular weight excluding hydrogens is 259 g/mol. The molecule has 0 radical (unpaired) electrons. The predicted molar refractivity (Wildman–Crippen MR) is 55.8 cm³/mol. The van der Waals surface area contributed by atoms with E-state index >= 15 is 0 Å². The summed E-state index contributed by atoms with van der Waals surface area (Å²) in [4.78, 5) is 0. The standard InChI is InChI=1S/C10H11F5N2O/c11-9(12,10(13,14)15)4-8(18)5-1-6(16)3-7(17)2-5/h1-3,8,18H,4,16-17H2. The van der Waals surface area contributed by atoms with Gasteiger partial charge in [0.05, 0.1) is 12.5 Å². The van der Waals surface area contributed by atoms with Crippen molar-refractivity contribution in [1.82, 2.24) is 0 Å². The molecule has 3 nitrogen and oxygen atoms in total. The van der Waals surface area contributed by atoms with Crippen LogP contribution >= 0.6 is 0 Å². The fourth-order valence-corrected chi connectivity index (χ4v) is 1.37. The minimum absolute atomic E-state index is 0.0689. The molecule has 18 heavy (non-hydrogen) atoms. The number of aliphatic hydroxyl groups is 1. The Balaban J connectivity index is 2.92. The highest BCUT2D eigenvalue weighted by Crippen LogP contribution is 2.41. The summed E-state index contributed by atoms with van der Waals surface area (Å²) >= 11 is 0. The zero-order valence-corrected chi connectivity index (χ0v) is 9.01. The highest BCUT2D eigenvalue weighted by atomic mass is 19.4. The summed E-state index contributed by atoms with van der Waals surface area (Å²) in [5, 5.41) is 9.38. The van der Waals surface area contributed by atoms with Gasteiger partial charge in [0.2, 0.25) is 0 Å². The van der Waals surface area contributed by atoms with Gasteiger partial charge in [-0.05, 0) is 23.8 Å². The van der Waals surface area contributed by atoms with Crippen LogP contribution in [0.4, 0.5) is 33.3 Å².